The highest BCUT2D eigenvalue weighted by Gasteiger charge is 2.31. The Kier molecular flexibility index (Phi) is 5.73. The van der Waals surface area contributed by atoms with Crippen molar-refractivity contribution in [2.45, 2.75) is 10.3 Å². The molecule has 1 saturated heterocycles. The molecule has 3 rings (SSSR count). The minimum Gasteiger partial charge on any atom is -0.379 e. The van der Waals surface area contributed by atoms with Gasteiger partial charge in [0.1, 0.15) is 11.2 Å². The van der Waals surface area contributed by atoms with Crippen LogP contribution in [0.4, 0.5) is 11.8 Å². The van der Waals surface area contributed by atoms with Gasteiger partial charge in [-0.25, -0.2) is 13.4 Å². The zero-order chi connectivity index (χ0) is 19.4. The fourth-order valence-corrected chi connectivity index (χ4v) is 4.65. The van der Waals surface area contributed by atoms with Crippen molar-refractivity contribution in [3.05, 3.63) is 43.0 Å². The average molecular weight is 389 g/mol. The maximum atomic E-state index is 13.1. The molecule has 1 unspecified atom stereocenters. The summed E-state index contributed by atoms with van der Waals surface area (Å²) < 4.78 is 31.4. The molecule has 1 fully saturated rings. The van der Waals surface area contributed by atoms with E-state index in [1.807, 2.05) is 4.90 Å². The Labute approximate surface area is 159 Å². The SMILES string of the molecule is C=CC(N1CCOCC1)S(=O)(=O)c1ccc(-c2cc(NC)nc(N)n2)cc1. The molecule has 8 nitrogen and oxygen atoms in total. The highest BCUT2D eigenvalue weighted by atomic mass is 32.2. The normalized spacial score (nSPS) is 16.6. The van der Waals surface area contributed by atoms with Gasteiger partial charge in [-0.3, -0.25) is 4.90 Å². The Morgan fingerprint density at radius 2 is 1.93 bits per heavy atom. The lowest BCUT2D eigenvalue weighted by molar-refractivity contribution is 0.0374. The molecule has 2 aromatic rings. The van der Waals surface area contributed by atoms with Crippen molar-refractivity contribution in [2.24, 2.45) is 0 Å². The summed E-state index contributed by atoms with van der Waals surface area (Å²) in [6.45, 7) is 5.87. The molecular formula is C18H23N5O3S. The van der Waals surface area contributed by atoms with Crippen molar-refractivity contribution < 1.29 is 13.2 Å². The van der Waals surface area contributed by atoms with E-state index >= 15 is 0 Å². The summed E-state index contributed by atoms with van der Waals surface area (Å²) >= 11 is 0. The van der Waals surface area contributed by atoms with Crippen molar-refractivity contribution in [3.8, 4) is 11.3 Å². The molecule has 0 bridgehead atoms. The second-order valence-corrected chi connectivity index (χ2v) is 8.14. The molecule has 3 N–H and O–H groups in total. The number of anilines is 2. The molecule has 1 aliphatic rings. The third-order valence-corrected chi connectivity index (χ3v) is 6.46. The maximum Gasteiger partial charge on any atom is 0.222 e. The maximum absolute atomic E-state index is 13.1. The lowest BCUT2D eigenvalue weighted by Gasteiger charge is -2.32. The summed E-state index contributed by atoms with van der Waals surface area (Å²) in [7, 11) is -1.85. The van der Waals surface area contributed by atoms with E-state index in [4.69, 9.17) is 10.5 Å². The Bertz CT molecular complexity index is 909. The molecule has 1 aromatic carbocycles. The largest absolute Gasteiger partial charge is 0.379 e. The zero-order valence-corrected chi connectivity index (χ0v) is 15.9. The van der Waals surface area contributed by atoms with Gasteiger partial charge in [0, 0.05) is 31.8 Å². The predicted molar refractivity (Wildman–Crippen MR) is 105 cm³/mol. The molecule has 27 heavy (non-hydrogen) atoms. The first-order valence-corrected chi connectivity index (χ1v) is 10.1. The van der Waals surface area contributed by atoms with Gasteiger partial charge in [-0.1, -0.05) is 18.2 Å². The molecule has 2 heterocycles. The van der Waals surface area contributed by atoms with Gasteiger partial charge >= 0.3 is 0 Å². The Morgan fingerprint density at radius 3 is 2.52 bits per heavy atom. The van der Waals surface area contributed by atoms with Crippen LogP contribution < -0.4 is 11.1 Å². The van der Waals surface area contributed by atoms with Gasteiger partial charge in [0.25, 0.3) is 0 Å². The van der Waals surface area contributed by atoms with Gasteiger partial charge in [-0.2, -0.15) is 4.98 Å². The van der Waals surface area contributed by atoms with Crippen molar-refractivity contribution in [3.63, 3.8) is 0 Å². The molecule has 0 radical (unpaired) electrons. The number of hydrogen-bond donors (Lipinski definition) is 2. The molecule has 0 spiro atoms. The Balaban J connectivity index is 1.89. The predicted octanol–water partition coefficient (Wildman–Crippen LogP) is 1.39. The smallest absolute Gasteiger partial charge is 0.222 e. The van der Waals surface area contributed by atoms with Crippen molar-refractivity contribution in [2.75, 3.05) is 44.4 Å². The van der Waals surface area contributed by atoms with Crippen LogP contribution >= 0.6 is 0 Å². The number of morpholine rings is 1. The third-order valence-electron chi connectivity index (χ3n) is 4.40. The average Bonchev–Trinajstić information content (AvgIpc) is 2.68. The minimum absolute atomic E-state index is 0.146. The summed E-state index contributed by atoms with van der Waals surface area (Å²) in [5.74, 6) is 0.737. The van der Waals surface area contributed by atoms with Crippen LogP contribution in [0.2, 0.25) is 0 Å². The first-order valence-electron chi connectivity index (χ1n) is 8.56. The van der Waals surface area contributed by atoms with Crippen LogP contribution in [0, 0.1) is 0 Å². The van der Waals surface area contributed by atoms with Crippen molar-refractivity contribution >= 4 is 21.6 Å². The first-order chi connectivity index (χ1) is 13.0. The zero-order valence-electron chi connectivity index (χ0n) is 15.1. The molecule has 1 atom stereocenters. The van der Waals surface area contributed by atoms with Gasteiger partial charge in [-0.15, -0.1) is 6.58 Å². The summed E-state index contributed by atoms with van der Waals surface area (Å²) in [6, 6.07) is 8.35. The quantitative estimate of drug-likeness (QED) is 0.713. The highest BCUT2D eigenvalue weighted by molar-refractivity contribution is 7.92. The molecule has 9 heteroatoms. The van der Waals surface area contributed by atoms with Crippen LogP contribution in [0.1, 0.15) is 0 Å². The second kappa shape index (κ2) is 8.03. The summed E-state index contributed by atoms with van der Waals surface area (Å²) in [4.78, 5) is 10.4. The van der Waals surface area contributed by atoms with E-state index in [9.17, 15) is 8.42 Å². The second-order valence-electron chi connectivity index (χ2n) is 6.09. The van der Waals surface area contributed by atoms with Crippen LogP contribution in [0.15, 0.2) is 47.9 Å². The van der Waals surface area contributed by atoms with Gasteiger partial charge in [0.2, 0.25) is 5.95 Å². The van der Waals surface area contributed by atoms with Gasteiger partial charge < -0.3 is 15.8 Å². The molecule has 0 amide bonds. The van der Waals surface area contributed by atoms with E-state index in [1.165, 1.54) is 6.08 Å². The van der Waals surface area contributed by atoms with Gasteiger partial charge in [0.05, 0.1) is 23.8 Å². The number of nitrogens with zero attached hydrogens (tertiary/aromatic N) is 3. The van der Waals surface area contributed by atoms with E-state index < -0.39 is 15.2 Å². The highest BCUT2D eigenvalue weighted by Crippen LogP contribution is 2.25. The topological polar surface area (TPSA) is 110 Å². The Hall–Kier alpha value is -2.49. The number of rotatable bonds is 6. The van der Waals surface area contributed by atoms with Crippen molar-refractivity contribution in [1.29, 1.82) is 0 Å². The monoisotopic (exact) mass is 389 g/mol. The number of benzene rings is 1. The molecule has 1 aromatic heterocycles. The number of aromatic nitrogens is 2. The number of ether oxygens (including phenoxy) is 1. The Morgan fingerprint density at radius 1 is 1.26 bits per heavy atom. The van der Waals surface area contributed by atoms with Crippen LogP contribution in [-0.4, -0.2) is 62.0 Å². The van der Waals surface area contributed by atoms with Gasteiger partial charge in [0.15, 0.2) is 9.84 Å². The fraction of sp³-hybridized carbons (Fsp3) is 0.333. The van der Waals surface area contributed by atoms with Crippen LogP contribution in [0.3, 0.4) is 0 Å². The van der Waals surface area contributed by atoms with Crippen LogP contribution in [0.25, 0.3) is 11.3 Å². The van der Waals surface area contributed by atoms with Crippen molar-refractivity contribution in [1.82, 2.24) is 14.9 Å². The number of nitrogens with two attached hydrogens (primary N) is 1. The van der Waals surface area contributed by atoms with E-state index in [2.05, 4.69) is 21.9 Å². The number of sulfone groups is 1. The van der Waals surface area contributed by atoms with Gasteiger partial charge in [-0.05, 0) is 12.1 Å². The number of hydrogen-bond acceptors (Lipinski definition) is 8. The molecule has 0 saturated carbocycles. The van der Waals surface area contributed by atoms with E-state index in [0.717, 1.165) is 5.56 Å². The lowest BCUT2D eigenvalue weighted by Crippen LogP contribution is -2.46. The fourth-order valence-electron chi connectivity index (χ4n) is 3.00. The van der Waals surface area contributed by atoms with Crippen LogP contribution in [0.5, 0.6) is 0 Å². The van der Waals surface area contributed by atoms with E-state index in [1.54, 1.807) is 37.4 Å². The minimum atomic E-state index is -3.59. The summed E-state index contributed by atoms with van der Waals surface area (Å²) in [5.41, 5.74) is 7.09. The summed E-state index contributed by atoms with van der Waals surface area (Å²) in [5, 5.41) is 2.14. The molecular weight excluding hydrogens is 366 g/mol. The lowest BCUT2D eigenvalue weighted by atomic mass is 10.1. The third kappa shape index (κ3) is 4.10. The van der Waals surface area contributed by atoms with E-state index in [-0.39, 0.29) is 10.8 Å². The molecule has 144 valence electrons. The van der Waals surface area contributed by atoms with E-state index in [0.29, 0.717) is 37.8 Å². The van der Waals surface area contributed by atoms with Crippen LogP contribution in [-0.2, 0) is 14.6 Å². The first kappa shape index (κ1) is 19.3. The number of nitrogens with one attached hydrogen (secondary N) is 1. The molecule has 0 aliphatic carbocycles. The number of nitrogen functional groups attached to an aromatic ring is 1. The standard InChI is InChI=1S/C18H23N5O3S/c1-3-17(23-8-10-26-11-9-23)27(24,25)14-6-4-13(5-7-14)15-12-16(20-2)22-18(19)21-15/h3-7,12,17H,1,8-11H2,2H3,(H3,19,20,21,22). The summed E-state index contributed by atoms with van der Waals surface area (Å²) in [6.07, 6.45) is 1.47. The molecule has 1 aliphatic heterocycles.